The number of carbonyl (C=O) groups is 1. The van der Waals surface area contributed by atoms with E-state index in [1.54, 1.807) is 0 Å². The molecule has 0 radical (unpaired) electrons. The number of carbonyl (C=O) groups excluding carboxylic acids is 1. The molecule has 1 aromatic carbocycles. The molecule has 1 saturated heterocycles. The van der Waals surface area contributed by atoms with Gasteiger partial charge in [0.15, 0.2) is 0 Å². The van der Waals surface area contributed by atoms with Gasteiger partial charge in [-0.15, -0.1) is 11.3 Å². The van der Waals surface area contributed by atoms with E-state index in [2.05, 4.69) is 20.4 Å². The van der Waals surface area contributed by atoms with Gasteiger partial charge in [0.2, 0.25) is 5.82 Å². The predicted molar refractivity (Wildman–Crippen MR) is 106 cm³/mol. The Hall–Kier alpha value is -2.51. The van der Waals surface area contributed by atoms with Crippen LogP contribution in [0.15, 0.2) is 40.9 Å². The first-order chi connectivity index (χ1) is 13.2. The third-order valence-corrected chi connectivity index (χ3v) is 5.77. The summed E-state index contributed by atoms with van der Waals surface area (Å²) in [4.78, 5) is 20.7. The normalized spacial score (nSPS) is 14.6. The average molecular weight is 382 g/mol. The van der Waals surface area contributed by atoms with E-state index in [4.69, 9.17) is 4.52 Å². The molecule has 0 saturated carbocycles. The Morgan fingerprint density at radius 3 is 2.74 bits per heavy atom. The van der Waals surface area contributed by atoms with Crippen LogP contribution in [0.25, 0.3) is 22.2 Å². The summed E-state index contributed by atoms with van der Waals surface area (Å²) in [6.45, 7) is 5.90. The van der Waals surface area contributed by atoms with Gasteiger partial charge in [0.25, 0.3) is 11.8 Å². The molecule has 6 nitrogen and oxygen atoms in total. The number of nitrogens with one attached hydrogen (secondary N) is 1. The molecule has 0 unspecified atom stereocenters. The van der Waals surface area contributed by atoms with E-state index in [-0.39, 0.29) is 5.91 Å². The van der Waals surface area contributed by atoms with E-state index in [9.17, 15) is 4.79 Å². The van der Waals surface area contributed by atoms with Gasteiger partial charge < -0.3 is 14.7 Å². The number of nitrogens with zero attached hydrogens (tertiary/aromatic N) is 3. The first-order valence-electron chi connectivity index (χ1n) is 9.20. The molecular formula is C20H22N4O2S. The van der Waals surface area contributed by atoms with Gasteiger partial charge in [-0.2, -0.15) is 4.98 Å². The Kier molecular flexibility index (Phi) is 5.31. The van der Waals surface area contributed by atoms with Gasteiger partial charge in [-0.1, -0.05) is 22.9 Å². The highest BCUT2D eigenvalue weighted by Gasteiger charge is 2.16. The molecule has 0 bridgehead atoms. The number of likely N-dealkylation sites (tertiary alicyclic amines) is 1. The topological polar surface area (TPSA) is 71.3 Å². The number of amides is 1. The zero-order valence-corrected chi connectivity index (χ0v) is 16.1. The van der Waals surface area contributed by atoms with Crippen LogP contribution in [0.4, 0.5) is 0 Å². The van der Waals surface area contributed by atoms with Crippen molar-refractivity contribution in [3.63, 3.8) is 0 Å². The van der Waals surface area contributed by atoms with Gasteiger partial charge in [-0.3, -0.25) is 4.79 Å². The minimum absolute atomic E-state index is 0.0484. The maximum absolute atomic E-state index is 12.3. The molecule has 0 aliphatic carbocycles. The van der Waals surface area contributed by atoms with Crippen LogP contribution in [-0.4, -0.2) is 47.1 Å². The van der Waals surface area contributed by atoms with Crippen molar-refractivity contribution in [3.05, 3.63) is 46.8 Å². The van der Waals surface area contributed by atoms with E-state index in [0.717, 1.165) is 30.1 Å². The minimum atomic E-state index is -0.0484. The maximum Gasteiger partial charge on any atom is 0.261 e. The molecule has 3 aromatic rings. The fraction of sp³-hybridized carbons (Fsp3) is 0.350. The Morgan fingerprint density at radius 1 is 1.19 bits per heavy atom. The van der Waals surface area contributed by atoms with Gasteiger partial charge in [-0.25, -0.2) is 0 Å². The minimum Gasteiger partial charge on any atom is -0.350 e. The standard InChI is InChI=1S/C20H22N4O2S/c1-14-4-6-15(7-5-14)20-22-18(23-26-20)16-8-9-17(27-16)19(25)21-10-13-24-11-2-3-12-24/h4-9H,2-3,10-13H2,1H3,(H,21,25). The summed E-state index contributed by atoms with van der Waals surface area (Å²) in [5, 5.41) is 7.05. The number of thiophene rings is 1. The van der Waals surface area contributed by atoms with E-state index >= 15 is 0 Å². The van der Waals surface area contributed by atoms with Gasteiger partial charge in [-0.05, 0) is 57.1 Å². The molecule has 1 amide bonds. The van der Waals surface area contributed by atoms with Crippen molar-refractivity contribution < 1.29 is 9.32 Å². The molecule has 140 valence electrons. The van der Waals surface area contributed by atoms with Crippen molar-refractivity contribution in [3.8, 4) is 22.2 Å². The highest BCUT2D eigenvalue weighted by Crippen LogP contribution is 2.28. The number of hydrogen-bond donors (Lipinski definition) is 1. The van der Waals surface area contributed by atoms with Crippen LogP contribution in [0, 0.1) is 6.92 Å². The quantitative estimate of drug-likeness (QED) is 0.705. The van der Waals surface area contributed by atoms with E-state index in [1.165, 1.54) is 29.7 Å². The predicted octanol–water partition coefficient (Wildman–Crippen LogP) is 3.60. The van der Waals surface area contributed by atoms with Crippen LogP contribution >= 0.6 is 11.3 Å². The first kappa shape index (κ1) is 17.9. The summed E-state index contributed by atoms with van der Waals surface area (Å²) in [5.41, 5.74) is 2.06. The summed E-state index contributed by atoms with van der Waals surface area (Å²) in [5.74, 6) is 0.939. The molecule has 2 aromatic heterocycles. The second-order valence-corrected chi connectivity index (χ2v) is 7.84. The van der Waals surface area contributed by atoms with Crippen molar-refractivity contribution in [1.29, 1.82) is 0 Å². The summed E-state index contributed by atoms with van der Waals surface area (Å²) in [7, 11) is 0. The van der Waals surface area contributed by atoms with Crippen LogP contribution < -0.4 is 5.32 Å². The smallest absolute Gasteiger partial charge is 0.261 e. The van der Waals surface area contributed by atoms with E-state index in [1.807, 2.05) is 43.3 Å². The molecule has 3 heterocycles. The van der Waals surface area contributed by atoms with Crippen molar-refractivity contribution in [2.75, 3.05) is 26.2 Å². The van der Waals surface area contributed by atoms with Crippen LogP contribution in [0.5, 0.6) is 0 Å². The molecule has 0 spiro atoms. The van der Waals surface area contributed by atoms with Gasteiger partial charge in [0.05, 0.1) is 9.75 Å². The molecule has 7 heteroatoms. The lowest BCUT2D eigenvalue weighted by molar-refractivity contribution is 0.0954. The monoisotopic (exact) mass is 382 g/mol. The first-order valence-corrected chi connectivity index (χ1v) is 10.0. The average Bonchev–Trinajstić information content (AvgIpc) is 3.43. The third kappa shape index (κ3) is 4.26. The molecule has 1 aliphatic heterocycles. The molecule has 1 N–H and O–H groups in total. The number of rotatable bonds is 6. The number of aromatic nitrogens is 2. The lowest BCUT2D eigenvalue weighted by Gasteiger charge is -2.14. The van der Waals surface area contributed by atoms with Crippen molar-refractivity contribution in [1.82, 2.24) is 20.4 Å². The second-order valence-electron chi connectivity index (χ2n) is 6.76. The Bertz CT molecular complexity index is 910. The SMILES string of the molecule is Cc1ccc(-c2nc(-c3ccc(C(=O)NCCN4CCCC4)s3)no2)cc1. The van der Waals surface area contributed by atoms with E-state index < -0.39 is 0 Å². The molecule has 4 rings (SSSR count). The summed E-state index contributed by atoms with van der Waals surface area (Å²) < 4.78 is 5.38. The van der Waals surface area contributed by atoms with Gasteiger partial charge in [0.1, 0.15) is 0 Å². The lowest BCUT2D eigenvalue weighted by atomic mass is 10.1. The number of benzene rings is 1. The van der Waals surface area contributed by atoms with Crippen molar-refractivity contribution in [2.24, 2.45) is 0 Å². The van der Waals surface area contributed by atoms with Crippen LogP contribution in [0.3, 0.4) is 0 Å². The molecular weight excluding hydrogens is 360 g/mol. The molecule has 27 heavy (non-hydrogen) atoms. The van der Waals surface area contributed by atoms with Crippen LogP contribution in [-0.2, 0) is 0 Å². The van der Waals surface area contributed by atoms with Gasteiger partial charge in [0, 0.05) is 18.7 Å². The zero-order chi connectivity index (χ0) is 18.6. The highest BCUT2D eigenvalue weighted by atomic mass is 32.1. The van der Waals surface area contributed by atoms with Crippen LogP contribution in [0.2, 0.25) is 0 Å². The third-order valence-electron chi connectivity index (χ3n) is 4.69. The lowest BCUT2D eigenvalue weighted by Crippen LogP contribution is -2.33. The van der Waals surface area contributed by atoms with Gasteiger partial charge >= 0.3 is 0 Å². The van der Waals surface area contributed by atoms with Crippen LogP contribution in [0.1, 0.15) is 28.1 Å². The van der Waals surface area contributed by atoms with Crippen molar-refractivity contribution >= 4 is 17.2 Å². The number of hydrogen-bond acceptors (Lipinski definition) is 6. The summed E-state index contributed by atoms with van der Waals surface area (Å²) >= 11 is 1.38. The Morgan fingerprint density at radius 2 is 1.96 bits per heavy atom. The Balaban J connectivity index is 1.38. The molecule has 0 atom stereocenters. The van der Waals surface area contributed by atoms with E-state index in [0.29, 0.717) is 23.1 Å². The van der Waals surface area contributed by atoms with Crippen molar-refractivity contribution in [2.45, 2.75) is 19.8 Å². The molecule has 1 fully saturated rings. The fourth-order valence-electron chi connectivity index (χ4n) is 3.14. The zero-order valence-electron chi connectivity index (χ0n) is 15.3. The molecule has 1 aliphatic rings. The number of aryl methyl sites for hydroxylation is 1. The second kappa shape index (κ2) is 8.02. The summed E-state index contributed by atoms with van der Waals surface area (Å²) in [6.07, 6.45) is 2.52. The highest BCUT2D eigenvalue weighted by molar-refractivity contribution is 7.17. The fourth-order valence-corrected chi connectivity index (χ4v) is 3.99. The Labute approximate surface area is 162 Å². The maximum atomic E-state index is 12.3. The largest absolute Gasteiger partial charge is 0.350 e. The summed E-state index contributed by atoms with van der Waals surface area (Å²) in [6, 6.07) is 11.6.